The van der Waals surface area contributed by atoms with E-state index in [4.69, 9.17) is 0 Å². The average Bonchev–Trinajstić information content (AvgIpc) is 2.51. The van der Waals surface area contributed by atoms with E-state index in [9.17, 15) is 5.11 Å². The van der Waals surface area contributed by atoms with Crippen molar-refractivity contribution in [3.8, 4) is 0 Å². The van der Waals surface area contributed by atoms with Crippen LogP contribution in [0.2, 0.25) is 0 Å². The van der Waals surface area contributed by atoms with Gasteiger partial charge in [-0.3, -0.25) is 0 Å². The Balaban J connectivity index is 1.86. The lowest BCUT2D eigenvalue weighted by atomic mass is 9.90. The van der Waals surface area contributed by atoms with Gasteiger partial charge < -0.3 is 10.4 Å². The maximum atomic E-state index is 9.86. The van der Waals surface area contributed by atoms with E-state index in [0.29, 0.717) is 12.0 Å². The lowest BCUT2D eigenvalue weighted by Gasteiger charge is -2.29. The summed E-state index contributed by atoms with van der Waals surface area (Å²) in [5.74, 6) is 0.549. The summed E-state index contributed by atoms with van der Waals surface area (Å²) in [5.41, 5.74) is 0. The maximum Gasteiger partial charge on any atom is 0.0583 e. The molecule has 0 aromatic rings. The van der Waals surface area contributed by atoms with E-state index in [1.165, 1.54) is 44.9 Å². The molecule has 0 spiro atoms. The molecule has 82 valence electrons. The molecule has 1 saturated carbocycles. The summed E-state index contributed by atoms with van der Waals surface area (Å²) in [6.07, 6.45) is 10.2. The Hall–Kier alpha value is -0.0800. The van der Waals surface area contributed by atoms with Crippen molar-refractivity contribution in [3.63, 3.8) is 0 Å². The summed E-state index contributed by atoms with van der Waals surface area (Å²) in [7, 11) is 0. The largest absolute Gasteiger partial charge is 0.393 e. The fourth-order valence-electron chi connectivity index (χ4n) is 3.04. The molecule has 0 aromatic carbocycles. The first-order valence-electron chi connectivity index (χ1n) is 6.29. The van der Waals surface area contributed by atoms with Gasteiger partial charge in [0.05, 0.1) is 6.10 Å². The minimum Gasteiger partial charge on any atom is -0.393 e. The van der Waals surface area contributed by atoms with E-state index in [2.05, 4.69) is 5.32 Å². The molecule has 0 bridgehead atoms. The molecule has 1 heterocycles. The molecule has 14 heavy (non-hydrogen) atoms. The van der Waals surface area contributed by atoms with E-state index in [-0.39, 0.29) is 6.10 Å². The topological polar surface area (TPSA) is 32.3 Å². The van der Waals surface area contributed by atoms with Gasteiger partial charge in [-0.2, -0.15) is 0 Å². The van der Waals surface area contributed by atoms with E-state index >= 15 is 0 Å². The Morgan fingerprint density at radius 2 is 1.71 bits per heavy atom. The molecule has 2 fully saturated rings. The summed E-state index contributed by atoms with van der Waals surface area (Å²) in [5, 5.41) is 13.5. The van der Waals surface area contributed by atoms with E-state index in [0.717, 1.165) is 13.0 Å². The fraction of sp³-hybridized carbons (Fsp3) is 1.00. The highest BCUT2D eigenvalue weighted by Crippen LogP contribution is 2.31. The highest BCUT2D eigenvalue weighted by Gasteiger charge is 2.31. The lowest BCUT2D eigenvalue weighted by Crippen LogP contribution is -2.40. The summed E-state index contributed by atoms with van der Waals surface area (Å²) < 4.78 is 0. The van der Waals surface area contributed by atoms with Gasteiger partial charge in [-0.05, 0) is 32.2 Å². The van der Waals surface area contributed by atoms with Crippen LogP contribution in [0.5, 0.6) is 0 Å². The Bertz CT molecular complexity index is 164. The third-order valence-electron chi connectivity index (χ3n) is 3.90. The zero-order valence-electron chi connectivity index (χ0n) is 9.04. The van der Waals surface area contributed by atoms with Crippen LogP contribution in [0.25, 0.3) is 0 Å². The Morgan fingerprint density at radius 1 is 0.857 bits per heavy atom. The third kappa shape index (κ3) is 2.48. The molecule has 2 aliphatic rings. The van der Waals surface area contributed by atoms with Gasteiger partial charge in [0.2, 0.25) is 0 Å². The van der Waals surface area contributed by atoms with E-state index in [1.54, 1.807) is 0 Å². The van der Waals surface area contributed by atoms with Crippen molar-refractivity contribution >= 4 is 0 Å². The van der Waals surface area contributed by atoms with Crippen molar-refractivity contribution in [2.75, 3.05) is 6.54 Å². The van der Waals surface area contributed by atoms with Crippen LogP contribution >= 0.6 is 0 Å². The van der Waals surface area contributed by atoms with Gasteiger partial charge in [0.25, 0.3) is 0 Å². The van der Waals surface area contributed by atoms with Gasteiger partial charge in [0.15, 0.2) is 0 Å². The summed E-state index contributed by atoms with van der Waals surface area (Å²) in [6.45, 7) is 1.16. The first-order valence-corrected chi connectivity index (χ1v) is 6.29. The molecule has 1 aliphatic heterocycles. The van der Waals surface area contributed by atoms with Crippen molar-refractivity contribution in [1.82, 2.24) is 5.32 Å². The maximum absolute atomic E-state index is 9.86. The van der Waals surface area contributed by atoms with Crippen LogP contribution in [-0.2, 0) is 0 Å². The summed E-state index contributed by atoms with van der Waals surface area (Å²) in [4.78, 5) is 0. The van der Waals surface area contributed by atoms with Crippen molar-refractivity contribution in [3.05, 3.63) is 0 Å². The number of hydrogen-bond acceptors (Lipinski definition) is 2. The predicted molar refractivity (Wildman–Crippen MR) is 58.2 cm³/mol. The van der Waals surface area contributed by atoms with Crippen molar-refractivity contribution in [2.45, 2.75) is 63.5 Å². The fourth-order valence-corrected chi connectivity index (χ4v) is 3.04. The van der Waals surface area contributed by atoms with E-state index < -0.39 is 0 Å². The van der Waals surface area contributed by atoms with Crippen LogP contribution in [0.1, 0.15) is 51.4 Å². The molecule has 1 saturated heterocycles. The second kappa shape index (κ2) is 5.13. The molecule has 3 atom stereocenters. The molecule has 2 heteroatoms. The smallest absolute Gasteiger partial charge is 0.0583 e. The number of hydrogen-bond donors (Lipinski definition) is 2. The average molecular weight is 197 g/mol. The number of aliphatic hydroxyl groups is 1. The van der Waals surface area contributed by atoms with Crippen LogP contribution in [-0.4, -0.2) is 23.8 Å². The van der Waals surface area contributed by atoms with Gasteiger partial charge in [-0.15, -0.1) is 0 Å². The van der Waals surface area contributed by atoms with E-state index in [1.807, 2.05) is 0 Å². The van der Waals surface area contributed by atoms with Crippen molar-refractivity contribution < 1.29 is 5.11 Å². The standard InChI is InChI=1S/C12H23NO/c14-12-8-5-6-10(12)11-7-3-1-2-4-9-13-11/h10-14H,1-9H2. The second-order valence-corrected chi connectivity index (χ2v) is 4.93. The minimum atomic E-state index is -0.0214. The molecule has 2 rings (SSSR count). The zero-order chi connectivity index (χ0) is 9.80. The predicted octanol–water partition coefficient (Wildman–Crippen LogP) is 2.07. The van der Waals surface area contributed by atoms with Crippen LogP contribution in [0, 0.1) is 5.92 Å². The molecule has 2 nitrogen and oxygen atoms in total. The zero-order valence-corrected chi connectivity index (χ0v) is 9.04. The quantitative estimate of drug-likeness (QED) is 0.674. The first kappa shape index (κ1) is 10.4. The van der Waals surface area contributed by atoms with Crippen molar-refractivity contribution in [2.24, 2.45) is 5.92 Å². The van der Waals surface area contributed by atoms with Gasteiger partial charge in [0, 0.05) is 12.0 Å². The molecule has 0 radical (unpaired) electrons. The molecule has 2 N–H and O–H groups in total. The number of nitrogens with one attached hydrogen (secondary N) is 1. The summed E-state index contributed by atoms with van der Waals surface area (Å²) >= 11 is 0. The highest BCUT2D eigenvalue weighted by atomic mass is 16.3. The molecule has 0 aromatic heterocycles. The van der Waals surface area contributed by atoms with Crippen LogP contribution < -0.4 is 5.32 Å². The van der Waals surface area contributed by atoms with Gasteiger partial charge in [0.1, 0.15) is 0 Å². The second-order valence-electron chi connectivity index (χ2n) is 4.93. The molecule has 0 amide bonds. The van der Waals surface area contributed by atoms with Crippen LogP contribution in [0.15, 0.2) is 0 Å². The molecule has 1 aliphatic carbocycles. The first-order chi connectivity index (χ1) is 6.88. The number of rotatable bonds is 1. The Morgan fingerprint density at radius 3 is 2.50 bits per heavy atom. The lowest BCUT2D eigenvalue weighted by molar-refractivity contribution is 0.104. The Kier molecular flexibility index (Phi) is 3.82. The van der Waals surface area contributed by atoms with Crippen LogP contribution in [0.4, 0.5) is 0 Å². The SMILES string of the molecule is OC1CCCC1C1CCCCCCN1. The molecular weight excluding hydrogens is 174 g/mol. The number of aliphatic hydroxyl groups excluding tert-OH is 1. The monoisotopic (exact) mass is 197 g/mol. The highest BCUT2D eigenvalue weighted by molar-refractivity contribution is 4.87. The van der Waals surface area contributed by atoms with Crippen LogP contribution in [0.3, 0.4) is 0 Å². The molecule has 3 unspecified atom stereocenters. The normalized spacial score (nSPS) is 40.5. The van der Waals surface area contributed by atoms with Gasteiger partial charge in [-0.25, -0.2) is 0 Å². The molecular formula is C12H23NO. The third-order valence-corrected chi connectivity index (χ3v) is 3.90. The van der Waals surface area contributed by atoms with Gasteiger partial charge >= 0.3 is 0 Å². The minimum absolute atomic E-state index is 0.0214. The Labute approximate surface area is 87.1 Å². The van der Waals surface area contributed by atoms with Gasteiger partial charge in [-0.1, -0.05) is 25.7 Å². The van der Waals surface area contributed by atoms with Crippen molar-refractivity contribution in [1.29, 1.82) is 0 Å². The summed E-state index contributed by atoms with van der Waals surface area (Å²) in [6, 6.07) is 0.604.